The third-order valence-corrected chi connectivity index (χ3v) is 5.68. The lowest BCUT2D eigenvalue weighted by atomic mass is 9.78. The molecule has 0 aliphatic heterocycles. The van der Waals surface area contributed by atoms with E-state index in [0.29, 0.717) is 5.92 Å². The predicted molar refractivity (Wildman–Crippen MR) is 114 cm³/mol. The van der Waals surface area contributed by atoms with Crippen LogP contribution in [0.4, 0.5) is 0 Å². The van der Waals surface area contributed by atoms with Crippen molar-refractivity contribution in [3.05, 3.63) is 89.5 Å². The van der Waals surface area contributed by atoms with Gasteiger partial charge in [0.15, 0.2) is 0 Å². The fraction of sp³-hybridized carbons (Fsp3) is 0.154. The molecule has 5 rings (SSSR count). The quantitative estimate of drug-likeness (QED) is 0.337. The maximum Gasteiger partial charge on any atom is -0.00643 e. The molecule has 0 bridgehead atoms. The molecule has 4 aromatic carbocycles. The molecule has 0 amide bonds. The standard InChI is InChI=1S/C26H22/c1-17-13-18(2)25-23(14-17)16-21-9-5-6-10-24(21)26(25)22-12-11-19-7-3-4-8-20(19)15-22/h3-12,14-16,18H,13H2,1-2H3/t18-/m1/s1. The third-order valence-electron chi connectivity index (χ3n) is 5.68. The minimum atomic E-state index is 0.543. The summed E-state index contributed by atoms with van der Waals surface area (Å²) >= 11 is 0. The number of rotatable bonds is 1. The van der Waals surface area contributed by atoms with Crippen LogP contribution in [0.25, 0.3) is 38.7 Å². The second kappa shape index (κ2) is 5.85. The average molecular weight is 334 g/mol. The molecule has 1 aliphatic rings. The van der Waals surface area contributed by atoms with E-state index >= 15 is 0 Å². The Hall–Kier alpha value is -2.86. The van der Waals surface area contributed by atoms with Crippen LogP contribution in [-0.2, 0) is 0 Å². The molecule has 126 valence electrons. The van der Waals surface area contributed by atoms with E-state index in [4.69, 9.17) is 0 Å². The van der Waals surface area contributed by atoms with Gasteiger partial charge >= 0.3 is 0 Å². The highest BCUT2D eigenvalue weighted by Gasteiger charge is 2.22. The summed E-state index contributed by atoms with van der Waals surface area (Å²) in [6, 6.07) is 26.7. The van der Waals surface area contributed by atoms with Crippen LogP contribution in [0.2, 0.25) is 0 Å². The van der Waals surface area contributed by atoms with Gasteiger partial charge in [-0.1, -0.05) is 79.2 Å². The molecule has 0 saturated carbocycles. The summed E-state index contributed by atoms with van der Waals surface area (Å²) in [5, 5.41) is 5.30. The fourth-order valence-corrected chi connectivity index (χ4v) is 4.60. The summed E-state index contributed by atoms with van der Waals surface area (Å²) in [4.78, 5) is 0. The number of benzene rings is 4. The van der Waals surface area contributed by atoms with E-state index in [1.54, 1.807) is 0 Å². The molecule has 0 spiro atoms. The Morgan fingerprint density at radius 3 is 2.35 bits per heavy atom. The van der Waals surface area contributed by atoms with E-state index in [-0.39, 0.29) is 0 Å². The summed E-state index contributed by atoms with van der Waals surface area (Å²) in [6.45, 7) is 4.62. The normalized spacial score (nSPS) is 16.5. The topological polar surface area (TPSA) is 0 Å². The summed E-state index contributed by atoms with van der Waals surface area (Å²) < 4.78 is 0. The fourth-order valence-electron chi connectivity index (χ4n) is 4.60. The molecule has 0 aromatic heterocycles. The molecule has 0 heteroatoms. The van der Waals surface area contributed by atoms with Crippen molar-refractivity contribution in [1.82, 2.24) is 0 Å². The lowest BCUT2D eigenvalue weighted by Gasteiger charge is -2.26. The SMILES string of the molecule is CC1=Cc2cc3ccccc3c(-c3ccc4ccccc4c3)c2[C@H](C)C1. The summed E-state index contributed by atoms with van der Waals surface area (Å²) in [7, 11) is 0. The molecule has 4 aromatic rings. The Morgan fingerprint density at radius 1 is 0.769 bits per heavy atom. The van der Waals surface area contributed by atoms with Crippen LogP contribution in [0.1, 0.15) is 37.3 Å². The van der Waals surface area contributed by atoms with Gasteiger partial charge in [0.05, 0.1) is 0 Å². The molecular weight excluding hydrogens is 312 g/mol. The first kappa shape index (κ1) is 15.4. The van der Waals surface area contributed by atoms with E-state index in [1.165, 1.54) is 49.4 Å². The van der Waals surface area contributed by atoms with Crippen molar-refractivity contribution in [3.8, 4) is 11.1 Å². The molecule has 1 aliphatic carbocycles. The number of hydrogen-bond acceptors (Lipinski definition) is 0. The van der Waals surface area contributed by atoms with Gasteiger partial charge in [-0.25, -0.2) is 0 Å². The predicted octanol–water partition coefficient (Wildman–Crippen LogP) is 7.57. The Kier molecular flexibility index (Phi) is 3.46. The highest BCUT2D eigenvalue weighted by molar-refractivity contribution is 6.02. The molecular formula is C26H22. The third kappa shape index (κ3) is 2.37. The molecule has 0 unspecified atom stereocenters. The Balaban J connectivity index is 1.90. The molecule has 1 atom stereocenters. The van der Waals surface area contributed by atoms with Gasteiger partial charge in [-0.05, 0) is 75.2 Å². The van der Waals surface area contributed by atoms with Gasteiger partial charge in [0.2, 0.25) is 0 Å². The van der Waals surface area contributed by atoms with Crippen LogP contribution < -0.4 is 0 Å². The van der Waals surface area contributed by atoms with E-state index in [2.05, 4.69) is 92.7 Å². The Labute approximate surface area is 154 Å². The smallest absolute Gasteiger partial charge is 0.00643 e. The first-order valence-corrected chi connectivity index (χ1v) is 9.43. The van der Waals surface area contributed by atoms with E-state index in [0.717, 1.165) is 6.42 Å². The molecule has 26 heavy (non-hydrogen) atoms. The lowest BCUT2D eigenvalue weighted by Crippen LogP contribution is -2.06. The van der Waals surface area contributed by atoms with E-state index in [9.17, 15) is 0 Å². The summed E-state index contributed by atoms with van der Waals surface area (Å²) in [5.41, 5.74) is 7.12. The van der Waals surface area contributed by atoms with Gasteiger partial charge in [-0.3, -0.25) is 0 Å². The highest BCUT2D eigenvalue weighted by atomic mass is 14.3. The maximum atomic E-state index is 2.38. The van der Waals surface area contributed by atoms with Crippen LogP contribution in [0, 0.1) is 0 Å². The lowest BCUT2D eigenvalue weighted by molar-refractivity contribution is 0.745. The monoisotopic (exact) mass is 334 g/mol. The number of hydrogen-bond donors (Lipinski definition) is 0. The van der Waals surface area contributed by atoms with Crippen molar-refractivity contribution < 1.29 is 0 Å². The zero-order valence-corrected chi connectivity index (χ0v) is 15.3. The second-order valence-electron chi connectivity index (χ2n) is 7.63. The molecule has 0 N–H and O–H groups in total. The average Bonchev–Trinajstić information content (AvgIpc) is 2.65. The highest BCUT2D eigenvalue weighted by Crippen LogP contribution is 2.44. The number of fused-ring (bicyclic) bond motifs is 3. The van der Waals surface area contributed by atoms with Crippen molar-refractivity contribution in [2.75, 3.05) is 0 Å². The largest absolute Gasteiger partial charge is 0.0721 e. The van der Waals surface area contributed by atoms with Crippen molar-refractivity contribution in [2.45, 2.75) is 26.2 Å². The minimum absolute atomic E-state index is 0.543. The van der Waals surface area contributed by atoms with Gasteiger partial charge < -0.3 is 0 Å². The van der Waals surface area contributed by atoms with E-state index < -0.39 is 0 Å². The molecule has 0 nitrogen and oxygen atoms in total. The number of allylic oxidation sites excluding steroid dienone is 1. The Bertz CT molecular complexity index is 1180. The van der Waals surface area contributed by atoms with Gasteiger partial charge in [0.25, 0.3) is 0 Å². The van der Waals surface area contributed by atoms with Crippen molar-refractivity contribution in [1.29, 1.82) is 0 Å². The van der Waals surface area contributed by atoms with Gasteiger partial charge in [-0.2, -0.15) is 0 Å². The van der Waals surface area contributed by atoms with Crippen LogP contribution in [0.3, 0.4) is 0 Å². The summed E-state index contributed by atoms with van der Waals surface area (Å²) in [5.74, 6) is 0.543. The van der Waals surface area contributed by atoms with Gasteiger partial charge in [0, 0.05) is 0 Å². The molecule has 0 fully saturated rings. The molecule has 0 radical (unpaired) electrons. The van der Waals surface area contributed by atoms with Crippen LogP contribution in [-0.4, -0.2) is 0 Å². The molecule has 0 heterocycles. The van der Waals surface area contributed by atoms with Crippen molar-refractivity contribution >= 4 is 27.6 Å². The van der Waals surface area contributed by atoms with Crippen molar-refractivity contribution in [2.24, 2.45) is 0 Å². The zero-order valence-electron chi connectivity index (χ0n) is 15.3. The van der Waals surface area contributed by atoms with Crippen LogP contribution in [0.15, 0.2) is 78.4 Å². The first-order chi connectivity index (χ1) is 12.7. The Morgan fingerprint density at radius 2 is 1.50 bits per heavy atom. The van der Waals surface area contributed by atoms with Crippen LogP contribution in [0.5, 0.6) is 0 Å². The summed E-state index contributed by atoms with van der Waals surface area (Å²) in [6.07, 6.45) is 3.53. The van der Waals surface area contributed by atoms with E-state index in [1.807, 2.05) is 0 Å². The van der Waals surface area contributed by atoms with Gasteiger partial charge in [0.1, 0.15) is 0 Å². The van der Waals surface area contributed by atoms with Crippen LogP contribution >= 0.6 is 0 Å². The van der Waals surface area contributed by atoms with Crippen molar-refractivity contribution in [3.63, 3.8) is 0 Å². The molecule has 0 saturated heterocycles. The maximum absolute atomic E-state index is 2.38. The van der Waals surface area contributed by atoms with Gasteiger partial charge in [-0.15, -0.1) is 0 Å². The second-order valence-corrected chi connectivity index (χ2v) is 7.63. The minimum Gasteiger partial charge on any atom is -0.0721 e. The zero-order chi connectivity index (χ0) is 17.7. The first-order valence-electron chi connectivity index (χ1n) is 9.43.